The predicted octanol–water partition coefficient (Wildman–Crippen LogP) is 6.58. The van der Waals surface area contributed by atoms with Gasteiger partial charge >= 0.3 is 0 Å². The van der Waals surface area contributed by atoms with Crippen LogP contribution in [0.3, 0.4) is 0 Å². The van der Waals surface area contributed by atoms with Gasteiger partial charge in [-0.3, -0.25) is 0 Å². The second-order valence-corrected chi connectivity index (χ2v) is 8.39. The lowest BCUT2D eigenvalue weighted by Crippen LogP contribution is -2.20. The molecule has 1 nitrogen and oxygen atoms in total. The third kappa shape index (κ3) is 2.21. The van der Waals surface area contributed by atoms with Crippen LogP contribution >= 0.6 is 11.3 Å². The highest BCUT2D eigenvalue weighted by molar-refractivity contribution is 7.14. The van der Waals surface area contributed by atoms with E-state index in [2.05, 4.69) is 74.7 Å². The van der Waals surface area contributed by atoms with Crippen LogP contribution in [0.2, 0.25) is 0 Å². The molecule has 0 N–H and O–H groups in total. The average Bonchev–Trinajstić information content (AvgIpc) is 2.98. The van der Waals surface area contributed by atoms with Gasteiger partial charge in [0.25, 0.3) is 0 Å². The normalized spacial score (nSPS) is 15.9. The van der Waals surface area contributed by atoms with E-state index in [0.29, 0.717) is 5.92 Å². The summed E-state index contributed by atoms with van der Waals surface area (Å²) in [7, 11) is 1.77. The fourth-order valence-corrected chi connectivity index (χ4v) is 4.97. The smallest absolute Gasteiger partial charge is 0.127 e. The molecule has 0 bridgehead atoms. The maximum Gasteiger partial charge on any atom is 0.127 e. The SMILES string of the molecule is COc1cccc2c1-c1ccsc1-c1ccccc1C2C(C)(C)C. The highest BCUT2D eigenvalue weighted by Gasteiger charge is 2.36. The maximum atomic E-state index is 5.76. The third-order valence-electron chi connectivity index (χ3n) is 4.91. The van der Waals surface area contributed by atoms with Gasteiger partial charge in [0.1, 0.15) is 5.75 Å². The van der Waals surface area contributed by atoms with Gasteiger partial charge in [0.15, 0.2) is 0 Å². The number of hydrogen-bond donors (Lipinski definition) is 0. The second-order valence-electron chi connectivity index (χ2n) is 7.47. The van der Waals surface area contributed by atoms with E-state index < -0.39 is 0 Å². The Hall–Kier alpha value is -2.06. The van der Waals surface area contributed by atoms with Crippen molar-refractivity contribution in [1.82, 2.24) is 0 Å². The molecule has 122 valence electrons. The van der Waals surface area contributed by atoms with Crippen molar-refractivity contribution >= 4 is 11.3 Å². The summed E-state index contributed by atoms with van der Waals surface area (Å²) in [6.07, 6.45) is 0. The first-order valence-electron chi connectivity index (χ1n) is 8.36. The fraction of sp³-hybridized carbons (Fsp3) is 0.273. The van der Waals surface area contributed by atoms with Crippen LogP contribution in [-0.4, -0.2) is 7.11 Å². The molecule has 1 heterocycles. The van der Waals surface area contributed by atoms with Gasteiger partial charge in [-0.2, -0.15) is 0 Å². The van der Waals surface area contributed by atoms with Crippen LogP contribution in [0, 0.1) is 5.41 Å². The number of rotatable bonds is 1. The Bertz CT molecular complexity index is 898. The van der Waals surface area contributed by atoms with E-state index in [1.54, 1.807) is 7.11 Å². The predicted molar refractivity (Wildman–Crippen MR) is 103 cm³/mol. The second kappa shape index (κ2) is 5.49. The van der Waals surface area contributed by atoms with Gasteiger partial charge < -0.3 is 4.74 Å². The van der Waals surface area contributed by atoms with Crippen molar-refractivity contribution in [2.75, 3.05) is 7.11 Å². The molecule has 0 radical (unpaired) electrons. The lowest BCUT2D eigenvalue weighted by atomic mass is 9.71. The van der Waals surface area contributed by atoms with E-state index in [9.17, 15) is 0 Å². The molecule has 0 saturated carbocycles. The molecule has 1 aromatic heterocycles. The minimum absolute atomic E-state index is 0.116. The van der Waals surface area contributed by atoms with Crippen molar-refractivity contribution in [2.24, 2.45) is 5.41 Å². The first kappa shape index (κ1) is 15.5. The monoisotopic (exact) mass is 334 g/mol. The maximum absolute atomic E-state index is 5.76. The first-order valence-corrected chi connectivity index (χ1v) is 9.24. The molecule has 0 fully saturated rings. The zero-order chi connectivity index (χ0) is 16.9. The summed E-state index contributed by atoms with van der Waals surface area (Å²) in [5.74, 6) is 1.30. The lowest BCUT2D eigenvalue weighted by Gasteiger charge is -2.33. The zero-order valence-electron chi connectivity index (χ0n) is 14.6. The highest BCUT2D eigenvalue weighted by atomic mass is 32.1. The number of thiophene rings is 1. The van der Waals surface area contributed by atoms with E-state index in [0.717, 1.165) is 5.75 Å². The quantitative estimate of drug-likeness (QED) is 0.488. The molecule has 1 aliphatic carbocycles. The Balaban J connectivity index is 2.17. The van der Waals surface area contributed by atoms with Crippen LogP contribution < -0.4 is 4.74 Å². The third-order valence-corrected chi connectivity index (χ3v) is 5.85. The van der Waals surface area contributed by atoms with Crippen LogP contribution in [0.5, 0.6) is 5.75 Å². The van der Waals surface area contributed by atoms with E-state index in [-0.39, 0.29) is 5.41 Å². The Labute approximate surface area is 147 Å². The van der Waals surface area contributed by atoms with E-state index in [1.165, 1.54) is 32.7 Å². The number of ether oxygens (including phenoxy) is 1. The Morgan fingerprint density at radius 2 is 1.62 bits per heavy atom. The van der Waals surface area contributed by atoms with Crippen molar-refractivity contribution in [1.29, 1.82) is 0 Å². The molecule has 0 aliphatic heterocycles. The van der Waals surface area contributed by atoms with Crippen molar-refractivity contribution in [3.05, 3.63) is 65.0 Å². The molecule has 1 atom stereocenters. The number of fused-ring (bicyclic) bond motifs is 5. The van der Waals surface area contributed by atoms with Gasteiger partial charge in [-0.1, -0.05) is 57.2 Å². The van der Waals surface area contributed by atoms with E-state index in [4.69, 9.17) is 4.74 Å². The number of benzene rings is 2. The van der Waals surface area contributed by atoms with Crippen LogP contribution in [-0.2, 0) is 0 Å². The van der Waals surface area contributed by atoms with Gasteiger partial charge in [-0.05, 0) is 39.6 Å². The standard InChI is InChI=1S/C22H22OS/c1-22(2,3)20-14-8-5-6-9-15(14)21-17(12-13-24-21)19-16(20)10-7-11-18(19)23-4/h5-13,20H,1-4H3. The van der Waals surface area contributed by atoms with E-state index in [1.807, 2.05) is 11.3 Å². The molecule has 4 rings (SSSR count). The highest BCUT2D eigenvalue weighted by Crippen LogP contribution is 2.55. The Morgan fingerprint density at radius 3 is 2.38 bits per heavy atom. The summed E-state index contributed by atoms with van der Waals surface area (Å²) in [6.45, 7) is 6.99. The molecule has 1 unspecified atom stereocenters. The molecule has 0 amide bonds. The van der Waals surface area contributed by atoms with Crippen LogP contribution in [0.25, 0.3) is 21.6 Å². The van der Waals surface area contributed by atoms with Crippen molar-refractivity contribution in [3.63, 3.8) is 0 Å². The fourth-order valence-electron chi connectivity index (χ4n) is 4.02. The molecule has 3 aromatic rings. The Morgan fingerprint density at radius 1 is 0.875 bits per heavy atom. The first-order chi connectivity index (χ1) is 11.5. The van der Waals surface area contributed by atoms with Crippen molar-refractivity contribution in [2.45, 2.75) is 26.7 Å². The topological polar surface area (TPSA) is 9.23 Å². The number of methoxy groups -OCH3 is 1. The molecule has 0 saturated heterocycles. The van der Waals surface area contributed by atoms with Crippen molar-refractivity contribution in [3.8, 4) is 27.3 Å². The average molecular weight is 334 g/mol. The zero-order valence-corrected chi connectivity index (χ0v) is 15.4. The molecule has 1 aliphatic rings. The summed E-state index contributed by atoms with van der Waals surface area (Å²) in [4.78, 5) is 1.35. The van der Waals surface area contributed by atoms with Gasteiger partial charge in [0.2, 0.25) is 0 Å². The van der Waals surface area contributed by atoms with Crippen molar-refractivity contribution < 1.29 is 4.74 Å². The van der Waals surface area contributed by atoms with Crippen LogP contribution in [0.4, 0.5) is 0 Å². The van der Waals surface area contributed by atoms with Gasteiger partial charge in [0, 0.05) is 21.9 Å². The summed E-state index contributed by atoms with van der Waals surface area (Å²) in [6, 6.07) is 17.6. The summed E-state index contributed by atoms with van der Waals surface area (Å²) >= 11 is 1.82. The number of hydrogen-bond acceptors (Lipinski definition) is 2. The van der Waals surface area contributed by atoms with Gasteiger partial charge in [-0.25, -0.2) is 0 Å². The summed E-state index contributed by atoms with van der Waals surface area (Å²) in [5.41, 5.74) is 6.82. The summed E-state index contributed by atoms with van der Waals surface area (Å²) < 4.78 is 5.76. The lowest BCUT2D eigenvalue weighted by molar-refractivity contribution is 0.358. The minimum Gasteiger partial charge on any atom is -0.496 e. The molecule has 2 aromatic carbocycles. The molecule has 24 heavy (non-hydrogen) atoms. The van der Waals surface area contributed by atoms with E-state index >= 15 is 0 Å². The van der Waals surface area contributed by atoms with Gasteiger partial charge in [-0.15, -0.1) is 11.3 Å². The van der Waals surface area contributed by atoms with Crippen LogP contribution in [0.15, 0.2) is 53.9 Å². The minimum atomic E-state index is 0.116. The molecular formula is C22H22OS. The van der Waals surface area contributed by atoms with Crippen LogP contribution in [0.1, 0.15) is 37.8 Å². The van der Waals surface area contributed by atoms with Gasteiger partial charge in [0.05, 0.1) is 7.11 Å². The Kier molecular flexibility index (Phi) is 3.54. The molecular weight excluding hydrogens is 312 g/mol. The summed E-state index contributed by atoms with van der Waals surface area (Å²) in [5, 5.41) is 2.19. The molecule has 0 spiro atoms. The molecule has 2 heteroatoms. The largest absolute Gasteiger partial charge is 0.496 e.